The average Bonchev–Trinajstić information content (AvgIpc) is 2.24. The van der Waals surface area contributed by atoms with Crippen molar-refractivity contribution in [3.8, 4) is 0 Å². The van der Waals surface area contributed by atoms with E-state index in [0.29, 0.717) is 6.42 Å². The van der Waals surface area contributed by atoms with Crippen LogP contribution < -0.4 is 0 Å². The molecule has 0 amide bonds. The molecule has 0 aromatic carbocycles. The smallest absolute Gasteiger partial charge is 0.313 e. The summed E-state index contributed by atoms with van der Waals surface area (Å²) in [6.45, 7) is 5.70. The van der Waals surface area contributed by atoms with Crippen molar-refractivity contribution >= 4 is 11.9 Å². The monoisotopic (exact) mass is 228 g/mol. The molecule has 1 atom stereocenters. The highest BCUT2D eigenvalue weighted by Crippen LogP contribution is 2.07. The zero-order valence-corrected chi connectivity index (χ0v) is 10.2. The van der Waals surface area contributed by atoms with E-state index in [1.807, 2.05) is 20.8 Å². The molecule has 0 radical (unpaired) electrons. The topological polar surface area (TPSA) is 52.6 Å². The molecule has 1 unspecified atom stereocenters. The summed E-state index contributed by atoms with van der Waals surface area (Å²) >= 11 is 0. The predicted octanol–water partition coefficient (Wildman–Crippen LogP) is 2.78. The average molecular weight is 228 g/mol. The highest BCUT2D eigenvalue weighted by atomic mass is 16.6. The molecule has 92 valence electrons. The summed E-state index contributed by atoms with van der Waals surface area (Å²) < 4.78 is 9.46. The molecule has 0 saturated carbocycles. The first kappa shape index (κ1) is 14.7. The van der Waals surface area contributed by atoms with Crippen LogP contribution in [-0.2, 0) is 19.1 Å². The summed E-state index contributed by atoms with van der Waals surface area (Å²) in [4.78, 5) is 22.2. The van der Waals surface area contributed by atoms with E-state index < -0.39 is 0 Å². The third kappa shape index (κ3) is 7.04. The van der Waals surface area contributed by atoms with E-state index in [4.69, 9.17) is 4.74 Å². The second-order valence-corrected chi connectivity index (χ2v) is 3.64. The molecule has 0 aliphatic rings. The van der Waals surface area contributed by atoms with Crippen molar-refractivity contribution < 1.29 is 19.1 Å². The summed E-state index contributed by atoms with van der Waals surface area (Å²) in [6, 6.07) is 0. The molecule has 0 spiro atoms. The van der Waals surface area contributed by atoms with E-state index >= 15 is 0 Å². The Morgan fingerprint density at radius 2 is 1.75 bits per heavy atom. The lowest BCUT2D eigenvalue weighted by Crippen LogP contribution is -2.11. The minimum Gasteiger partial charge on any atom is -0.431 e. The second kappa shape index (κ2) is 8.95. The van der Waals surface area contributed by atoms with Crippen LogP contribution in [0.25, 0.3) is 0 Å². The maximum atomic E-state index is 11.3. The van der Waals surface area contributed by atoms with Crippen molar-refractivity contribution in [2.45, 2.75) is 46.5 Å². The summed E-state index contributed by atoms with van der Waals surface area (Å²) in [5.41, 5.74) is 0. The maximum Gasteiger partial charge on any atom is 0.313 e. The zero-order valence-electron chi connectivity index (χ0n) is 10.2. The molecule has 0 rings (SSSR count). The Hall–Kier alpha value is -1.32. The number of carbonyl (C=O) groups excluding carboxylic acids is 2. The Balaban J connectivity index is 3.74. The first-order valence-electron chi connectivity index (χ1n) is 5.66. The normalized spacial score (nSPS) is 12.4. The standard InChI is InChI=1S/C12H20O4/c1-4-6-10(3)12(14)16-9-8-15-11(13)7-5-2/h8-10H,4-7H2,1-3H3/b9-8-. The zero-order chi connectivity index (χ0) is 12.4. The molecule has 0 aliphatic heterocycles. The van der Waals surface area contributed by atoms with Gasteiger partial charge >= 0.3 is 11.9 Å². The molecule has 0 heterocycles. The Kier molecular flexibility index (Phi) is 8.21. The van der Waals surface area contributed by atoms with Gasteiger partial charge in [0.05, 0.1) is 5.92 Å². The van der Waals surface area contributed by atoms with E-state index in [1.54, 1.807) is 0 Å². The largest absolute Gasteiger partial charge is 0.431 e. The third-order valence-corrected chi connectivity index (χ3v) is 2.02. The van der Waals surface area contributed by atoms with Gasteiger partial charge in [0.15, 0.2) is 0 Å². The molecular weight excluding hydrogens is 208 g/mol. The second-order valence-electron chi connectivity index (χ2n) is 3.64. The summed E-state index contributed by atoms with van der Waals surface area (Å²) in [5.74, 6) is -0.748. The fourth-order valence-corrected chi connectivity index (χ4v) is 1.13. The number of hydrogen-bond acceptors (Lipinski definition) is 4. The van der Waals surface area contributed by atoms with Crippen LogP contribution in [0.4, 0.5) is 0 Å². The quantitative estimate of drug-likeness (QED) is 0.496. The maximum absolute atomic E-state index is 11.3. The Morgan fingerprint density at radius 3 is 2.31 bits per heavy atom. The van der Waals surface area contributed by atoms with E-state index in [2.05, 4.69) is 4.74 Å². The van der Waals surface area contributed by atoms with Gasteiger partial charge in [-0.1, -0.05) is 27.2 Å². The van der Waals surface area contributed by atoms with Gasteiger partial charge in [0.2, 0.25) is 0 Å². The van der Waals surface area contributed by atoms with Gasteiger partial charge in [-0.3, -0.25) is 9.59 Å². The molecular formula is C12H20O4. The lowest BCUT2D eigenvalue weighted by Gasteiger charge is -2.06. The predicted molar refractivity (Wildman–Crippen MR) is 60.3 cm³/mol. The third-order valence-electron chi connectivity index (χ3n) is 2.02. The van der Waals surface area contributed by atoms with Gasteiger partial charge in [0.1, 0.15) is 12.5 Å². The van der Waals surface area contributed by atoms with Crippen LogP contribution in [0, 0.1) is 5.92 Å². The number of esters is 2. The molecule has 0 aromatic heterocycles. The van der Waals surface area contributed by atoms with E-state index in [0.717, 1.165) is 31.8 Å². The Labute approximate surface area is 96.6 Å². The summed E-state index contributed by atoms with van der Waals surface area (Å²) in [6.07, 6.45) is 5.05. The number of rotatable bonds is 7. The lowest BCUT2D eigenvalue weighted by atomic mass is 10.1. The summed E-state index contributed by atoms with van der Waals surface area (Å²) in [7, 11) is 0. The molecule has 0 N–H and O–H groups in total. The molecule has 0 saturated heterocycles. The molecule has 0 bridgehead atoms. The van der Waals surface area contributed by atoms with Crippen molar-refractivity contribution in [1.29, 1.82) is 0 Å². The van der Waals surface area contributed by atoms with Gasteiger partial charge in [0, 0.05) is 6.42 Å². The molecule has 4 heteroatoms. The van der Waals surface area contributed by atoms with Crippen LogP contribution in [0.5, 0.6) is 0 Å². The Bertz CT molecular complexity index is 245. The first-order valence-corrected chi connectivity index (χ1v) is 5.66. The van der Waals surface area contributed by atoms with E-state index in [1.165, 1.54) is 0 Å². The van der Waals surface area contributed by atoms with Crippen LogP contribution in [-0.4, -0.2) is 11.9 Å². The van der Waals surface area contributed by atoms with Crippen molar-refractivity contribution in [1.82, 2.24) is 0 Å². The van der Waals surface area contributed by atoms with Crippen molar-refractivity contribution in [3.05, 3.63) is 12.5 Å². The fourth-order valence-electron chi connectivity index (χ4n) is 1.13. The van der Waals surface area contributed by atoms with Gasteiger partial charge in [-0.05, 0) is 12.8 Å². The van der Waals surface area contributed by atoms with Gasteiger partial charge in [-0.2, -0.15) is 0 Å². The molecule has 4 nitrogen and oxygen atoms in total. The number of carbonyl (C=O) groups is 2. The highest BCUT2D eigenvalue weighted by Gasteiger charge is 2.11. The van der Waals surface area contributed by atoms with Crippen molar-refractivity contribution in [2.75, 3.05) is 0 Å². The minimum atomic E-state index is -0.323. The molecule has 0 fully saturated rings. The van der Waals surface area contributed by atoms with Crippen molar-refractivity contribution in [2.24, 2.45) is 5.92 Å². The molecule has 0 aromatic rings. The van der Waals surface area contributed by atoms with Crippen LogP contribution in [0.3, 0.4) is 0 Å². The number of ether oxygens (including phenoxy) is 2. The van der Waals surface area contributed by atoms with Crippen LogP contribution in [0.1, 0.15) is 46.5 Å². The minimum absolute atomic E-state index is 0.124. The van der Waals surface area contributed by atoms with E-state index in [-0.39, 0.29) is 17.9 Å². The fraction of sp³-hybridized carbons (Fsp3) is 0.667. The van der Waals surface area contributed by atoms with Crippen LogP contribution in [0.15, 0.2) is 12.5 Å². The van der Waals surface area contributed by atoms with Gasteiger partial charge < -0.3 is 9.47 Å². The molecule has 0 aliphatic carbocycles. The van der Waals surface area contributed by atoms with Crippen LogP contribution in [0.2, 0.25) is 0 Å². The van der Waals surface area contributed by atoms with Gasteiger partial charge in [-0.15, -0.1) is 0 Å². The SMILES string of the molecule is CCCC(=O)O/C=C\OC(=O)C(C)CCC. The van der Waals surface area contributed by atoms with Crippen molar-refractivity contribution in [3.63, 3.8) is 0 Å². The van der Waals surface area contributed by atoms with Gasteiger partial charge in [-0.25, -0.2) is 0 Å². The Morgan fingerprint density at radius 1 is 1.12 bits per heavy atom. The van der Waals surface area contributed by atoms with Gasteiger partial charge in [0.25, 0.3) is 0 Å². The first-order chi connectivity index (χ1) is 7.61. The van der Waals surface area contributed by atoms with Crippen LogP contribution >= 0.6 is 0 Å². The summed E-state index contributed by atoms with van der Waals surface area (Å²) in [5, 5.41) is 0. The molecule has 16 heavy (non-hydrogen) atoms. The highest BCUT2D eigenvalue weighted by molar-refractivity contribution is 5.72. The van der Waals surface area contributed by atoms with E-state index in [9.17, 15) is 9.59 Å². The number of hydrogen-bond donors (Lipinski definition) is 0. The lowest BCUT2D eigenvalue weighted by molar-refractivity contribution is -0.144.